The van der Waals surface area contributed by atoms with Crippen molar-refractivity contribution in [3.63, 3.8) is 0 Å². The summed E-state index contributed by atoms with van der Waals surface area (Å²) in [6.07, 6.45) is 0. The Balaban J connectivity index is 1.79. The lowest BCUT2D eigenvalue weighted by Crippen LogP contribution is -2.48. The molecule has 2 amide bonds. The smallest absolute Gasteiger partial charge is 0.337 e. The number of aliphatic hydroxyl groups excluding tert-OH is 1. The van der Waals surface area contributed by atoms with E-state index >= 15 is 0 Å². The first-order valence-corrected chi connectivity index (χ1v) is 8.65. The molecule has 0 aromatic heterocycles. The summed E-state index contributed by atoms with van der Waals surface area (Å²) < 4.78 is 4.76. The van der Waals surface area contributed by atoms with Crippen molar-refractivity contribution < 1.29 is 24.2 Å². The quantitative estimate of drug-likeness (QED) is 0.565. The Morgan fingerprint density at radius 2 is 2.04 bits per heavy atom. The molecule has 0 saturated carbocycles. The summed E-state index contributed by atoms with van der Waals surface area (Å²) in [7, 11) is 1.26. The second-order valence-corrected chi connectivity index (χ2v) is 6.19. The van der Waals surface area contributed by atoms with Crippen molar-refractivity contribution in [2.75, 3.05) is 56.7 Å². The van der Waals surface area contributed by atoms with Crippen molar-refractivity contribution in [1.82, 2.24) is 10.2 Å². The lowest BCUT2D eigenvalue weighted by Gasteiger charge is -2.27. The van der Waals surface area contributed by atoms with Gasteiger partial charge >= 0.3 is 5.97 Å². The Kier molecular flexibility index (Phi) is 5.72. The van der Waals surface area contributed by atoms with Gasteiger partial charge in [0, 0.05) is 31.0 Å². The Morgan fingerprint density at radius 3 is 2.67 bits per heavy atom. The van der Waals surface area contributed by atoms with Crippen LogP contribution in [0.25, 0.3) is 0 Å². The largest absolute Gasteiger partial charge is 0.466 e. The van der Waals surface area contributed by atoms with Crippen molar-refractivity contribution in [1.29, 1.82) is 0 Å². The van der Waals surface area contributed by atoms with Gasteiger partial charge in [0.25, 0.3) is 5.91 Å². The zero-order valence-corrected chi connectivity index (χ0v) is 15.0. The third-order valence-electron chi connectivity index (χ3n) is 4.49. The van der Waals surface area contributed by atoms with Crippen molar-refractivity contribution >= 4 is 29.2 Å². The summed E-state index contributed by atoms with van der Waals surface area (Å²) in [5, 5.41) is 15.1. The number of anilines is 2. The van der Waals surface area contributed by atoms with E-state index in [1.165, 1.54) is 12.0 Å². The molecule has 1 saturated heterocycles. The van der Waals surface area contributed by atoms with Gasteiger partial charge in [-0.05, 0) is 24.3 Å². The van der Waals surface area contributed by atoms with E-state index in [4.69, 9.17) is 9.84 Å². The molecule has 0 spiro atoms. The molecule has 2 aliphatic rings. The van der Waals surface area contributed by atoms with Gasteiger partial charge in [0.15, 0.2) is 0 Å². The van der Waals surface area contributed by atoms with Gasteiger partial charge in [-0.3, -0.25) is 9.59 Å². The molecule has 0 unspecified atom stereocenters. The van der Waals surface area contributed by atoms with Crippen LogP contribution in [-0.2, 0) is 19.1 Å². The number of β-amino-alcohol motifs (C(OH)–C–C–N with tert-alkyl or cyclic N) is 1. The maximum Gasteiger partial charge on any atom is 0.337 e. The predicted molar refractivity (Wildman–Crippen MR) is 98.0 cm³/mol. The fraction of sp³-hybridized carbons (Fsp3) is 0.389. The third-order valence-corrected chi connectivity index (χ3v) is 4.49. The van der Waals surface area contributed by atoms with Crippen molar-refractivity contribution in [2.45, 2.75) is 0 Å². The molecule has 1 fully saturated rings. The molecule has 27 heavy (non-hydrogen) atoms. The summed E-state index contributed by atoms with van der Waals surface area (Å²) in [6, 6.07) is 7.06. The summed E-state index contributed by atoms with van der Waals surface area (Å²) in [4.78, 5) is 39.6. The number of carbonyl (C=O) groups excluding carboxylic acids is 3. The monoisotopic (exact) mass is 374 g/mol. The van der Waals surface area contributed by atoms with Gasteiger partial charge in [0.2, 0.25) is 5.91 Å². The second kappa shape index (κ2) is 8.19. The molecule has 0 aliphatic carbocycles. The Morgan fingerprint density at radius 1 is 1.30 bits per heavy atom. The minimum atomic E-state index is -0.589. The summed E-state index contributed by atoms with van der Waals surface area (Å²) in [6.45, 7) is 1.66. The number of nitrogens with one attached hydrogen (secondary N) is 2. The summed E-state index contributed by atoms with van der Waals surface area (Å²) in [5.74, 6) is -0.955. The van der Waals surface area contributed by atoms with Crippen molar-refractivity contribution in [2.24, 2.45) is 0 Å². The van der Waals surface area contributed by atoms with Crippen LogP contribution in [-0.4, -0.2) is 74.2 Å². The molecule has 3 rings (SSSR count). The van der Waals surface area contributed by atoms with Crippen LogP contribution < -0.4 is 15.5 Å². The number of aliphatic hydroxyl groups is 1. The van der Waals surface area contributed by atoms with E-state index in [0.29, 0.717) is 18.8 Å². The number of esters is 1. The topological polar surface area (TPSA) is 111 Å². The molecule has 9 heteroatoms. The first kappa shape index (κ1) is 18.9. The number of piperazine rings is 1. The van der Waals surface area contributed by atoms with E-state index in [1.807, 2.05) is 0 Å². The molecular formula is C18H22N4O5. The lowest BCUT2D eigenvalue weighted by molar-refractivity contribution is -0.136. The minimum absolute atomic E-state index is 0.00302. The average Bonchev–Trinajstić information content (AvgIpc) is 2.99. The number of amides is 2. The van der Waals surface area contributed by atoms with E-state index in [0.717, 1.165) is 12.2 Å². The number of methoxy groups -OCH3 is 1. The number of nitrogens with zero attached hydrogens (tertiary/aromatic N) is 2. The summed E-state index contributed by atoms with van der Waals surface area (Å²) in [5.41, 5.74) is 1.74. The normalized spacial score (nSPS) is 17.6. The highest BCUT2D eigenvalue weighted by atomic mass is 16.5. The Labute approximate surface area is 156 Å². The van der Waals surface area contributed by atoms with E-state index in [1.54, 1.807) is 29.2 Å². The SMILES string of the molecule is COC(=O)C1=C(Nc2ccc(N3CCNCC3=O)cc2)C(=O)N(CCO)C1. The number of rotatable bonds is 6. The van der Waals surface area contributed by atoms with Gasteiger partial charge in [0.1, 0.15) is 5.70 Å². The highest BCUT2D eigenvalue weighted by Crippen LogP contribution is 2.24. The van der Waals surface area contributed by atoms with Crippen LogP contribution in [0.1, 0.15) is 0 Å². The molecule has 1 aromatic carbocycles. The van der Waals surface area contributed by atoms with Crippen LogP contribution in [0.4, 0.5) is 11.4 Å². The Bertz CT molecular complexity index is 774. The van der Waals surface area contributed by atoms with Crippen LogP contribution in [0.5, 0.6) is 0 Å². The number of ether oxygens (including phenoxy) is 1. The minimum Gasteiger partial charge on any atom is -0.466 e. The molecule has 0 radical (unpaired) electrons. The van der Waals surface area contributed by atoms with Gasteiger partial charge in [-0.15, -0.1) is 0 Å². The standard InChI is InChI=1S/C18H22N4O5/c1-27-18(26)14-11-21(8-9-23)17(25)16(14)20-12-2-4-13(5-3-12)22-7-6-19-10-15(22)24/h2-5,19-20,23H,6-11H2,1H3. The van der Waals surface area contributed by atoms with Crippen molar-refractivity contribution in [3.8, 4) is 0 Å². The molecule has 2 aliphatic heterocycles. The van der Waals surface area contributed by atoms with Crippen LogP contribution in [0.3, 0.4) is 0 Å². The van der Waals surface area contributed by atoms with E-state index in [9.17, 15) is 14.4 Å². The molecule has 0 atom stereocenters. The summed E-state index contributed by atoms with van der Waals surface area (Å²) >= 11 is 0. The first-order chi connectivity index (χ1) is 13.0. The average molecular weight is 374 g/mol. The number of hydrogen-bond acceptors (Lipinski definition) is 7. The molecule has 9 nitrogen and oxygen atoms in total. The third kappa shape index (κ3) is 3.93. The zero-order chi connectivity index (χ0) is 19.4. The van der Waals surface area contributed by atoms with Gasteiger partial charge in [0.05, 0.1) is 32.4 Å². The fourth-order valence-electron chi connectivity index (χ4n) is 3.10. The number of benzene rings is 1. The molecule has 1 aromatic rings. The van der Waals surface area contributed by atoms with Crippen LogP contribution in [0.15, 0.2) is 35.5 Å². The van der Waals surface area contributed by atoms with Crippen molar-refractivity contribution in [3.05, 3.63) is 35.5 Å². The van der Waals surface area contributed by atoms with Gasteiger partial charge < -0.3 is 30.3 Å². The number of hydrogen-bond donors (Lipinski definition) is 3. The number of carbonyl (C=O) groups is 3. The van der Waals surface area contributed by atoms with E-state index in [2.05, 4.69) is 10.6 Å². The van der Waals surface area contributed by atoms with Crippen LogP contribution in [0, 0.1) is 0 Å². The molecule has 0 bridgehead atoms. The van der Waals surface area contributed by atoms with E-state index < -0.39 is 5.97 Å². The molecule has 144 valence electrons. The second-order valence-electron chi connectivity index (χ2n) is 6.19. The first-order valence-electron chi connectivity index (χ1n) is 8.65. The lowest BCUT2D eigenvalue weighted by atomic mass is 10.2. The maximum absolute atomic E-state index is 12.5. The molecule has 3 N–H and O–H groups in total. The van der Waals surface area contributed by atoms with Crippen LogP contribution >= 0.6 is 0 Å². The fourth-order valence-corrected chi connectivity index (χ4v) is 3.10. The van der Waals surface area contributed by atoms with Crippen LogP contribution in [0.2, 0.25) is 0 Å². The Hall–Kier alpha value is -2.91. The maximum atomic E-state index is 12.5. The van der Waals surface area contributed by atoms with E-state index in [-0.39, 0.29) is 42.8 Å². The van der Waals surface area contributed by atoms with Gasteiger partial charge in [-0.25, -0.2) is 4.79 Å². The molecular weight excluding hydrogens is 352 g/mol. The highest BCUT2D eigenvalue weighted by molar-refractivity contribution is 6.08. The highest BCUT2D eigenvalue weighted by Gasteiger charge is 2.34. The zero-order valence-electron chi connectivity index (χ0n) is 15.0. The predicted octanol–water partition coefficient (Wildman–Crippen LogP) is -0.704. The molecule has 2 heterocycles. The van der Waals surface area contributed by atoms with Gasteiger partial charge in [-0.2, -0.15) is 0 Å². The van der Waals surface area contributed by atoms with Gasteiger partial charge in [-0.1, -0.05) is 0 Å².